The minimum absolute atomic E-state index is 0.00908. The van der Waals surface area contributed by atoms with E-state index in [-0.39, 0.29) is 17.5 Å². The molecule has 0 unspecified atom stereocenters. The summed E-state index contributed by atoms with van der Waals surface area (Å²) in [6.45, 7) is 3.48. The van der Waals surface area contributed by atoms with Crippen LogP contribution in [-0.4, -0.2) is 70.8 Å². The van der Waals surface area contributed by atoms with E-state index in [1.54, 1.807) is 40.1 Å². The maximum Gasteiger partial charge on any atom is 0.337 e. The van der Waals surface area contributed by atoms with Crippen LogP contribution in [0.4, 0.5) is 11.5 Å². The average Bonchev–Trinajstić information content (AvgIpc) is 2.73. The highest BCUT2D eigenvalue weighted by Crippen LogP contribution is 2.17. The van der Waals surface area contributed by atoms with Gasteiger partial charge in [0.2, 0.25) is 5.91 Å². The van der Waals surface area contributed by atoms with E-state index in [1.165, 1.54) is 20.4 Å². The van der Waals surface area contributed by atoms with Crippen molar-refractivity contribution < 1.29 is 19.1 Å². The molecule has 0 spiro atoms. The zero-order valence-corrected chi connectivity index (χ0v) is 15.7. The molecule has 1 saturated heterocycles. The van der Waals surface area contributed by atoms with Crippen LogP contribution >= 0.6 is 0 Å². The smallest absolute Gasteiger partial charge is 0.337 e. The van der Waals surface area contributed by atoms with Crippen LogP contribution in [0.25, 0.3) is 0 Å². The van der Waals surface area contributed by atoms with Gasteiger partial charge in [0.05, 0.1) is 12.7 Å². The van der Waals surface area contributed by atoms with E-state index in [2.05, 4.69) is 15.3 Å². The molecule has 9 heteroatoms. The van der Waals surface area contributed by atoms with Crippen LogP contribution in [-0.2, 0) is 9.53 Å². The summed E-state index contributed by atoms with van der Waals surface area (Å²) in [7, 11) is 1.32. The van der Waals surface area contributed by atoms with Crippen molar-refractivity contribution in [2.24, 2.45) is 0 Å². The lowest BCUT2D eigenvalue weighted by atomic mass is 10.2. The Morgan fingerprint density at radius 3 is 2.43 bits per heavy atom. The molecule has 1 fully saturated rings. The molecule has 146 valence electrons. The first-order valence-electron chi connectivity index (χ1n) is 8.80. The maximum absolute atomic E-state index is 12.7. The minimum Gasteiger partial charge on any atom is -0.465 e. The van der Waals surface area contributed by atoms with Gasteiger partial charge >= 0.3 is 5.97 Å². The third kappa shape index (κ3) is 4.43. The number of amides is 2. The van der Waals surface area contributed by atoms with E-state index < -0.39 is 5.97 Å². The van der Waals surface area contributed by atoms with Gasteiger partial charge in [0.15, 0.2) is 0 Å². The summed E-state index contributed by atoms with van der Waals surface area (Å²) >= 11 is 0. The molecule has 2 heterocycles. The molecular formula is C19H21N5O4. The van der Waals surface area contributed by atoms with E-state index in [0.717, 1.165) is 0 Å². The first-order chi connectivity index (χ1) is 13.5. The molecule has 2 aromatic rings. The fraction of sp³-hybridized carbons (Fsp3) is 0.316. The van der Waals surface area contributed by atoms with E-state index in [0.29, 0.717) is 43.2 Å². The number of nitrogens with one attached hydrogen (secondary N) is 1. The normalized spacial score (nSPS) is 13.8. The summed E-state index contributed by atoms with van der Waals surface area (Å²) in [5, 5.41) is 3.06. The number of rotatable bonds is 4. The number of methoxy groups -OCH3 is 1. The lowest BCUT2D eigenvalue weighted by molar-refractivity contribution is -0.130. The summed E-state index contributed by atoms with van der Waals surface area (Å²) < 4.78 is 4.71. The minimum atomic E-state index is -0.438. The van der Waals surface area contributed by atoms with Crippen molar-refractivity contribution in [3.8, 4) is 0 Å². The molecule has 0 radical (unpaired) electrons. The monoisotopic (exact) mass is 383 g/mol. The van der Waals surface area contributed by atoms with E-state index in [1.807, 2.05) is 0 Å². The van der Waals surface area contributed by atoms with Crippen LogP contribution in [0.3, 0.4) is 0 Å². The van der Waals surface area contributed by atoms with Gasteiger partial charge in [-0.05, 0) is 18.2 Å². The number of aromatic nitrogens is 2. The highest BCUT2D eigenvalue weighted by Gasteiger charge is 2.24. The van der Waals surface area contributed by atoms with Crippen LogP contribution in [0.2, 0.25) is 0 Å². The summed E-state index contributed by atoms with van der Waals surface area (Å²) in [5.74, 6) is -0.207. The quantitative estimate of drug-likeness (QED) is 0.794. The molecule has 0 saturated carbocycles. The van der Waals surface area contributed by atoms with Crippen LogP contribution in [0.5, 0.6) is 0 Å². The van der Waals surface area contributed by atoms with Crippen molar-refractivity contribution in [2.75, 3.05) is 38.6 Å². The molecule has 3 rings (SSSR count). The molecule has 1 aromatic carbocycles. The second kappa shape index (κ2) is 8.47. The number of ether oxygens (including phenoxy) is 1. The van der Waals surface area contributed by atoms with Gasteiger partial charge in [-0.2, -0.15) is 0 Å². The lowest BCUT2D eigenvalue weighted by Gasteiger charge is -2.34. The third-order valence-corrected chi connectivity index (χ3v) is 4.45. The van der Waals surface area contributed by atoms with Gasteiger partial charge in [0, 0.05) is 44.9 Å². The summed E-state index contributed by atoms with van der Waals surface area (Å²) in [5.41, 5.74) is 1.30. The van der Waals surface area contributed by atoms with E-state index in [9.17, 15) is 14.4 Å². The second-order valence-electron chi connectivity index (χ2n) is 6.28. The molecular weight excluding hydrogens is 362 g/mol. The standard InChI is InChI=1S/C19H21N5O4/c1-13(25)23-6-8-24(9-7-23)18(26)16-11-17(21-12-20-16)22-15-5-3-4-14(10-15)19(27)28-2/h3-5,10-12H,6-9H2,1-2H3,(H,20,21,22). The van der Waals surface area contributed by atoms with E-state index >= 15 is 0 Å². The summed E-state index contributed by atoms with van der Waals surface area (Å²) in [6, 6.07) is 8.33. The molecule has 1 N–H and O–H groups in total. The Bertz CT molecular complexity index is 893. The van der Waals surface area contributed by atoms with Crippen LogP contribution in [0.15, 0.2) is 36.7 Å². The number of anilines is 2. The predicted molar refractivity (Wildman–Crippen MR) is 101 cm³/mol. The van der Waals surface area contributed by atoms with Gasteiger partial charge in [0.25, 0.3) is 5.91 Å². The second-order valence-corrected chi connectivity index (χ2v) is 6.28. The Labute approximate surface area is 162 Å². The van der Waals surface area contributed by atoms with Crippen LogP contribution in [0, 0.1) is 0 Å². The lowest BCUT2D eigenvalue weighted by Crippen LogP contribution is -2.50. The Kier molecular flexibility index (Phi) is 5.83. The molecule has 1 aliphatic heterocycles. The fourth-order valence-electron chi connectivity index (χ4n) is 2.92. The summed E-state index contributed by atoms with van der Waals surface area (Å²) in [4.78, 5) is 47.4. The average molecular weight is 383 g/mol. The van der Waals surface area contributed by atoms with Crippen molar-refractivity contribution in [1.29, 1.82) is 0 Å². The van der Waals surface area contributed by atoms with Gasteiger partial charge in [-0.15, -0.1) is 0 Å². The maximum atomic E-state index is 12.7. The van der Waals surface area contributed by atoms with Crippen LogP contribution in [0.1, 0.15) is 27.8 Å². The first kappa shape index (κ1) is 19.3. The molecule has 0 atom stereocenters. The first-order valence-corrected chi connectivity index (χ1v) is 8.80. The highest BCUT2D eigenvalue weighted by molar-refractivity contribution is 5.93. The summed E-state index contributed by atoms with van der Waals surface area (Å²) in [6.07, 6.45) is 1.31. The van der Waals surface area contributed by atoms with Crippen molar-refractivity contribution in [1.82, 2.24) is 19.8 Å². The highest BCUT2D eigenvalue weighted by atomic mass is 16.5. The number of piperazine rings is 1. The van der Waals surface area contributed by atoms with Crippen molar-refractivity contribution in [3.05, 3.63) is 47.9 Å². The Morgan fingerprint density at radius 1 is 1.04 bits per heavy atom. The number of carbonyl (C=O) groups excluding carboxylic acids is 3. The molecule has 0 bridgehead atoms. The number of carbonyl (C=O) groups is 3. The number of esters is 1. The SMILES string of the molecule is COC(=O)c1cccc(Nc2cc(C(=O)N3CCN(C(C)=O)CC3)ncn2)c1. The van der Waals surface area contributed by atoms with Crippen molar-refractivity contribution in [3.63, 3.8) is 0 Å². The molecule has 1 aromatic heterocycles. The molecule has 9 nitrogen and oxygen atoms in total. The van der Waals surface area contributed by atoms with Gasteiger partial charge in [-0.1, -0.05) is 6.07 Å². The number of hydrogen-bond acceptors (Lipinski definition) is 7. The Morgan fingerprint density at radius 2 is 1.75 bits per heavy atom. The topological polar surface area (TPSA) is 105 Å². The van der Waals surface area contributed by atoms with Gasteiger partial charge < -0.3 is 19.9 Å². The number of nitrogens with zero attached hydrogens (tertiary/aromatic N) is 4. The third-order valence-electron chi connectivity index (χ3n) is 4.45. The predicted octanol–water partition coefficient (Wildman–Crippen LogP) is 1.31. The van der Waals surface area contributed by atoms with Crippen molar-refractivity contribution >= 4 is 29.3 Å². The zero-order chi connectivity index (χ0) is 20.1. The molecule has 28 heavy (non-hydrogen) atoms. The Balaban J connectivity index is 1.70. The van der Waals surface area contributed by atoms with Crippen LogP contribution < -0.4 is 5.32 Å². The van der Waals surface area contributed by atoms with Gasteiger partial charge in [-0.25, -0.2) is 14.8 Å². The zero-order valence-electron chi connectivity index (χ0n) is 15.7. The molecule has 1 aliphatic rings. The number of benzene rings is 1. The van der Waals surface area contributed by atoms with Gasteiger partial charge in [-0.3, -0.25) is 9.59 Å². The van der Waals surface area contributed by atoms with Crippen molar-refractivity contribution in [2.45, 2.75) is 6.92 Å². The Hall–Kier alpha value is -3.49. The molecule has 0 aliphatic carbocycles. The largest absolute Gasteiger partial charge is 0.465 e. The van der Waals surface area contributed by atoms with E-state index in [4.69, 9.17) is 4.74 Å². The fourth-order valence-corrected chi connectivity index (χ4v) is 2.92. The number of hydrogen-bond donors (Lipinski definition) is 1. The molecule has 2 amide bonds. The van der Waals surface area contributed by atoms with Gasteiger partial charge in [0.1, 0.15) is 17.8 Å².